The van der Waals surface area contributed by atoms with Gasteiger partial charge in [0.25, 0.3) is 0 Å². The van der Waals surface area contributed by atoms with Gasteiger partial charge >= 0.3 is 12.4 Å². The fourth-order valence-electron chi connectivity index (χ4n) is 2.54. The van der Waals surface area contributed by atoms with Crippen LogP contribution in [0.5, 0.6) is 11.6 Å². The predicted octanol–water partition coefficient (Wildman–Crippen LogP) is 6.18. The lowest BCUT2D eigenvalue weighted by Gasteiger charge is -2.11. The van der Waals surface area contributed by atoms with Crippen molar-refractivity contribution < 1.29 is 39.9 Å². The summed E-state index contributed by atoms with van der Waals surface area (Å²) in [6.07, 6.45) is -8.97. The SMILES string of the molecule is Fc1ccc(Cc2cc(Oc3ccc(F)c(C(F)(F)F)c3)ncn2)cc1C(F)(F)F. The standard InChI is InChI=1S/C19H10F8N2O/c20-15-3-1-10(6-13(15)18(22,23)24)5-11-7-17(29-9-28-11)30-12-2-4-16(21)14(8-12)19(25,26)27/h1-4,6-9H,5H2. The molecule has 3 rings (SSSR count). The average Bonchev–Trinajstić information content (AvgIpc) is 2.63. The van der Waals surface area contributed by atoms with E-state index in [9.17, 15) is 35.1 Å². The Morgan fingerprint density at radius 1 is 0.733 bits per heavy atom. The maximum absolute atomic E-state index is 13.4. The first-order chi connectivity index (χ1) is 13.9. The molecule has 0 aliphatic rings. The van der Waals surface area contributed by atoms with Gasteiger partial charge in [-0.3, -0.25) is 0 Å². The van der Waals surface area contributed by atoms with E-state index in [4.69, 9.17) is 4.74 Å². The topological polar surface area (TPSA) is 35.0 Å². The van der Waals surface area contributed by atoms with Crippen LogP contribution >= 0.6 is 0 Å². The summed E-state index contributed by atoms with van der Waals surface area (Å²) in [5.41, 5.74) is -2.70. The number of benzene rings is 2. The molecule has 0 N–H and O–H groups in total. The van der Waals surface area contributed by atoms with Crippen molar-refractivity contribution in [2.75, 3.05) is 0 Å². The van der Waals surface area contributed by atoms with Gasteiger partial charge in [0.2, 0.25) is 5.88 Å². The number of hydrogen-bond acceptors (Lipinski definition) is 3. The Morgan fingerprint density at radius 3 is 1.97 bits per heavy atom. The molecule has 0 radical (unpaired) electrons. The van der Waals surface area contributed by atoms with Gasteiger partial charge in [-0.2, -0.15) is 26.3 Å². The van der Waals surface area contributed by atoms with Crippen molar-refractivity contribution in [3.63, 3.8) is 0 Å². The molecule has 3 aromatic rings. The molecular formula is C19H10F8N2O. The van der Waals surface area contributed by atoms with E-state index in [0.29, 0.717) is 24.3 Å². The highest BCUT2D eigenvalue weighted by Gasteiger charge is 2.35. The summed E-state index contributed by atoms with van der Waals surface area (Å²) >= 11 is 0. The fraction of sp³-hybridized carbons (Fsp3) is 0.158. The lowest BCUT2D eigenvalue weighted by Crippen LogP contribution is -2.09. The van der Waals surface area contributed by atoms with Crippen LogP contribution < -0.4 is 4.74 Å². The third-order valence-electron chi connectivity index (χ3n) is 3.89. The van der Waals surface area contributed by atoms with E-state index in [1.54, 1.807) is 0 Å². The Morgan fingerprint density at radius 2 is 1.33 bits per heavy atom. The highest BCUT2D eigenvalue weighted by molar-refractivity contribution is 5.35. The summed E-state index contributed by atoms with van der Waals surface area (Å²) in [6.45, 7) is 0. The van der Waals surface area contributed by atoms with Crippen LogP contribution in [-0.2, 0) is 18.8 Å². The minimum Gasteiger partial charge on any atom is -0.439 e. The second-order valence-electron chi connectivity index (χ2n) is 6.08. The molecule has 3 nitrogen and oxygen atoms in total. The molecule has 0 saturated carbocycles. The van der Waals surface area contributed by atoms with Crippen molar-refractivity contribution in [1.29, 1.82) is 0 Å². The van der Waals surface area contributed by atoms with Crippen LogP contribution in [-0.4, -0.2) is 9.97 Å². The second-order valence-corrected chi connectivity index (χ2v) is 6.08. The minimum atomic E-state index is -4.93. The Bertz CT molecular complexity index is 982. The van der Waals surface area contributed by atoms with Crippen LogP contribution in [0.25, 0.3) is 0 Å². The Labute approximate surface area is 164 Å². The van der Waals surface area contributed by atoms with Crippen molar-refractivity contribution >= 4 is 0 Å². The van der Waals surface area contributed by atoms with E-state index in [-0.39, 0.29) is 29.3 Å². The molecule has 1 heterocycles. The summed E-state index contributed by atoms with van der Waals surface area (Å²) in [4.78, 5) is 7.57. The number of aromatic nitrogens is 2. The van der Waals surface area contributed by atoms with Gasteiger partial charge in [-0.15, -0.1) is 0 Å². The smallest absolute Gasteiger partial charge is 0.419 e. The molecule has 0 unspecified atom stereocenters. The minimum absolute atomic E-state index is 0.0921. The van der Waals surface area contributed by atoms with Crippen LogP contribution in [0.1, 0.15) is 22.4 Å². The summed E-state index contributed by atoms with van der Waals surface area (Å²) in [5.74, 6) is -3.46. The van der Waals surface area contributed by atoms with Crippen LogP contribution in [0, 0.1) is 11.6 Å². The van der Waals surface area contributed by atoms with Crippen LogP contribution in [0.4, 0.5) is 35.1 Å². The van der Waals surface area contributed by atoms with Crippen LogP contribution in [0.15, 0.2) is 48.8 Å². The van der Waals surface area contributed by atoms with Gasteiger partial charge in [-0.25, -0.2) is 18.7 Å². The zero-order valence-corrected chi connectivity index (χ0v) is 14.7. The molecule has 30 heavy (non-hydrogen) atoms. The van der Waals surface area contributed by atoms with Crippen molar-refractivity contribution in [2.45, 2.75) is 18.8 Å². The monoisotopic (exact) mass is 434 g/mol. The van der Waals surface area contributed by atoms with E-state index >= 15 is 0 Å². The molecule has 2 aromatic carbocycles. The highest BCUT2D eigenvalue weighted by Crippen LogP contribution is 2.35. The molecule has 1 aromatic heterocycles. The number of ether oxygens (including phenoxy) is 1. The summed E-state index contributed by atoms with van der Waals surface area (Å²) < 4.78 is 109. The van der Waals surface area contributed by atoms with Gasteiger partial charge in [-0.1, -0.05) is 6.07 Å². The molecule has 0 atom stereocenters. The maximum atomic E-state index is 13.4. The third-order valence-corrected chi connectivity index (χ3v) is 3.89. The molecule has 0 amide bonds. The summed E-state index contributed by atoms with van der Waals surface area (Å²) in [6, 6.07) is 5.63. The molecule has 158 valence electrons. The number of hydrogen-bond donors (Lipinski definition) is 0. The molecule has 0 spiro atoms. The first-order valence-corrected chi connectivity index (χ1v) is 8.14. The van der Waals surface area contributed by atoms with Crippen molar-refractivity contribution in [1.82, 2.24) is 9.97 Å². The molecule has 0 aliphatic carbocycles. The largest absolute Gasteiger partial charge is 0.439 e. The quantitative estimate of drug-likeness (QED) is 0.461. The molecule has 0 saturated heterocycles. The molecule has 11 heteroatoms. The van der Waals surface area contributed by atoms with Gasteiger partial charge in [0, 0.05) is 12.5 Å². The molecule has 0 bridgehead atoms. The normalized spacial score (nSPS) is 12.1. The van der Waals surface area contributed by atoms with Crippen molar-refractivity contribution in [2.24, 2.45) is 0 Å². The molecule has 0 fully saturated rings. The van der Waals surface area contributed by atoms with E-state index in [2.05, 4.69) is 9.97 Å². The first-order valence-electron chi connectivity index (χ1n) is 8.14. The van der Waals surface area contributed by atoms with E-state index in [1.165, 1.54) is 6.07 Å². The van der Waals surface area contributed by atoms with Crippen molar-refractivity contribution in [3.05, 3.63) is 82.8 Å². The van der Waals surface area contributed by atoms with Gasteiger partial charge in [0.1, 0.15) is 23.7 Å². The van der Waals surface area contributed by atoms with Gasteiger partial charge in [-0.05, 0) is 35.9 Å². The van der Waals surface area contributed by atoms with Gasteiger partial charge < -0.3 is 4.74 Å². The van der Waals surface area contributed by atoms with Gasteiger partial charge in [0.05, 0.1) is 16.8 Å². The number of halogens is 8. The lowest BCUT2D eigenvalue weighted by molar-refractivity contribution is -0.140. The predicted molar refractivity (Wildman–Crippen MR) is 87.7 cm³/mol. The van der Waals surface area contributed by atoms with E-state index < -0.39 is 35.1 Å². The summed E-state index contributed by atoms with van der Waals surface area (Å²) in [5, 5.41) is 0. The second kappa shape index (κ2) is 7.88. The van der Waals surface area contributed by atoms with E-state index in [0.717, 1.165) is 18.5 Å². The third kappa shape index (κ3) is 5.02. The Kier molecular flexibility index (Phi) is 5.64. The van der Waals surface area contributed by atoms with Crippen LogP contribution in [0.3, 0.4) is 0 Å². The first kappa shape index (κ1) is 21.5. The Balaban J connectivity index is 1.83. The molecule has 0 aliphatic heterocycles. The number of nitrogens with zero attached hydrogens (tertiary/aromatic N) is 2. The van der Waals surface area contributed by atoms with E-state index in [1.807, 2.05) is 0 Å². The highest BCUT2D eigenvalue weighted by atomic mass is 19.4. The fourth-order valence-corrected chi connectivity index (χ4v) is 2.54. The van der Waals surface area contributed by atoms with Gasteiger partial charge in [0.15, 0.2) is 0 Å². The lowest BCUT2D eigenvalue weighted by atomic mass is 10.1. The van der Waals surface area contributed by atoms with Crippen LogP contribution in [0.2, 0.25) is 0 Å². The van der Waals surface area contributed by atoms with Crippen molar-refractivity contribution in [3.8, 4) is 11.6 Å². The Hall–Kier alpha value is -3.24. The average molecular weight is 434 g/mol. The summed E-state index contributed by atoms with van der Waals surface area (Å²) in [7, 11) is 0. The molecular weight excluding hydrogens is 424 g/mol. The number of rotatable bonds is 4. The zero-order valence-electron chi connectivity index (χ0n) is 14.7. The number of alkyl halides is 6. The maximum Gasteiger partial charge on any atom is 0.419 e. The zero-order chi connectivity index (χ0) is 22.1.